The van der Waals surface area contributed by atoms with Gasteiger partial charge in [0.2, 0.25) is 13.1 Å². The minimum Gasteiger partial charge on any atom is -0.493 e. The van der Waals surface area contributed by atoms with Crippen LogP contribution in [0.2, 0.25) is 0 Å². The molecule has 0 aliphatic carbocycles. The number of esters is 1. The lowest BCUT2D eigenvalue weighted by Crippen LogP contribution is -2.58. The molecule has 0 saturated carbocycles. The molecular weight excluding hydrogens is 500 g/mol. The average molecular weight is 526 g/mol. The second-order valence-corrected chi connectivity index (χ2v) is 9.25. The lowest BCUT2D eigenvalue weighted by molar-refractivity contribution is -0.268. The van der Waals surface area contributed by atoms with Gasteiger partial charge in [0.25, 0.3) is 0 Å². The van der Waals surface area contributed by atoms with Gasteiger partial charge in [0.05, 0.1) is 25.9 Å². The maximum Gasteiger partial charge on any atom is 0.339 e. The number of hydrogen-bond donors (Lipinski definition) is 3. The molecule has 6 rings (SSSR count). The third-order valence-corrected chi connectivity index (χ3v) is 7.12. The number of ether oxygens (including phenoxy) is 7. The molecule has 200 valence electrons. The quantitative estimate of drug-likeness (QED) is 0.421. The zero-order valence-corrected chi connectivity index (χ0v) is 20.8. The van der Waals surface area contributed by atoms with E-state index in [0.717, 1.165) is 0 Å². The van der Waals surface area contributed by atoms with E-state index in [1.54, 1.807) is 31.2 Å². The van der Waals surface area contributed by atoms with Crippen LogP contribution in [0.15, 0.2) is 30.3 Å². The van der Waals surface area contributed by atoms with Crippen molar-refractivity contribution in [1.82, 2.24) is 0 Å². The standard InChI is InChI=1S/C27H26O11/c1-11-22(28)23(29)24(30)27(37-11)38-25-14-8-18(33-3)17(32-2)7-13(14)20(21-15(25)9-34-26(21)31)12-4-5-16-19(6-12)36-10-35-16/h4-8,11,22-24,27-30H,9-10H2,1-3H3/t11-,22-,23+,24-,27+/m1/s1. The highest BCUT2D eigenvalue weighted by molar-refractivity contribution is 6.14. The van der Waals surface area contributed by atoms with Crippen molar-refractivity contribution >= 4 is 16.7 Å². The molecule has 3 aromatic rings. The zero-order valence-electron chi connectivity index (χ0n) is 20.8. The first-order chi connectivity index (χ1) is 18.3. The fourth-order valence-electron chi connectivity index (χ4n) is 5.12. The topological polar surface area (TPSA) is 142 Å². The summed E-state index contributed by atoms with van der Waals surface area (Å²) in [5.74, 6) is 1.61. The Morgan fingerprint density at radius 3 is 2.29 bits per heavy atom. The van der Waals surface area contributed by atoms with Gasteiger partial charge in [-0.1, -0.05) is 6.07 Å². The first kappa shape index (κ1) is 24.6. The fourth-order valence-corrected chi connectivity index (χ4v) is 5.12. The highest BCUT2D eigenvalue weighted by Crippen LogP contribution is 2.49. The molecule has 0 radical (unpaired) electrons. The third kappa shape index (κ3) is 3.70. The molecular formula is C27H26O11. The van der Waals surface area contributed by atoms with Crippen molar-refractivity contribution in [2.24, 2.45) is 0 Å². The van der Waals surface area contributed by atoms with Crippen molar-refractivity contribution in [3.05, 3.63) is 41.5 Å². The van der Waals surface area contributed by atoms with Gasteiger partial charge in [-0.25, -0.2) is 4.79 Å². The third-order valence-electron chi connectivity index (χ3n) is 7.12. The van der Waals surface area contributed by atoms with E-state index in [2.05, 4.69) is 0 Å². The summed E-state index contributed by atoms with van der Waals surface area (Å²) in [7, 11) is 3.00. The van der Waals surface area contributed by atoms with Crippen molar-refractivity contribution in [1.29, 1.82) is 0 Å². The van der Waals surface area contributed by atoms with Crippen LogP contribution in [0.4, 0.5) is 0 Å². The molecule has 11 heteroatoms. The van der Waals surface area contributed by atoms with Crippen LogP contribution in [0.3, 0.4) is 0 Å². The molecule has 0 unspecified atom stereocenters. The van der Waals surface area contributed by atoms with Gasteiger partial charge >= 0.3 is 5.97 Å². The SMILES string of the molecule is COc1cc2c(O[C@@H]3O[C@H](C)[C@@H](O)[C@H](O)[C@H]3O)c3c(c(-c4ccc5c(c4)OCO5)c2cc1OC)C(=O)OC3. The Morgan fingerprint density at radius 1 is 0.842 bits per heavy atom. The van der Waals surface area contributed by atoms with Crippen molar-refractivity contribution in [2.45, 2.75) is 44.2 Å². The van der Waals surface area contributed by atoms with Gasteiger partial charge < -0.3 is 48.5 Å². The lowest BCUT2D eigenvalue weighted by atomic mass is 9.89. The van der Waals surface area contributed by atoms with Crippen molar-refractivity contribution in [3.8, 4) is 39.9 Å². The van der Waals surface area contributed by atoms with Crippen LogP contribution < -0.4 is 23.7 Å². The Balaban J connectivity index is 1.61. The first-order valence-electron chi connectivity index (χ1n) is 12.0. The molecule has 3 aromatic carbocycles. The highest BCUT2D eigenvalue weighted by Gasteiger charge is 2.44. The molecule has 0 bridgehead atoms. The Kier molecular flexibility index (Phi) is 5.95. The largest absolute Gasteiger partial charge is 0.493 e. The Hall–Kier alpha value is -3.77. The van der Waals surface area contributed by atoms with E-state index in [1.807, 2.05) is 6.07 Å². The molecule has 11 nitrogen and oxygen atoms in total. The van der Waals surface area contributed by atoms with E-state index < -0.39 is 36.7 Å². The highest BCUT2D eigenvalue weighted by atomic mass is 16.7. The molecule has 38 heavy (non-hydrogen) atoms. The smallest absolute Gasteiger partial charge is 0.339 e. The molecule has 0 aromatic heterocycles. The number of hydrogen-bond acceptors (Lipinski definition) is 11. The van der Waals surface area contributed by atoms with Crippen LogP contribution >= 0.6 is 0 Å². The molecule has 0 spiro atoms. The molecule has 5 atom stereocenters. The summed E-state index contributed by atoms with van der Waals surface area (Å²) in [6.45, 7) is 1.57. The van der Waals surface area contributed by atoms with E-state index in [1.165, 1.54) is 14.2 Å². The summed E-state index contributed by atoms with van der Waals surface area (Å²) >= 11 is 0. The second-order valence-electron chi connectivity index (χ2n) is 9.25. The van der Waals surface area contributed by atoms with Gasteiger partial charge in [0.1, 0.15) is 30.7 Å². The summed E-state index contributed by atoms with van der Waals surface area (Å²) in [5.41, 5.74) is 1.95. The van der Waals surface area contributed by atoms with Gasteiger partial charge in [-0.3, -0.25) is 0 Å². The molecule has 3 aliphatic rings. The van der Waals surface area contributed by atoms with E-state index >= 15 is 0 Å². The number of benzene rings is 3. The maximum absolute atomic E-state index is 13.1. The van der Waals surface area contributed by atoms with Crippen LogP contribution in [0.25, 0.3) is 21.9 Å². The van der Waals surface area contributed by atoms with E-state index in [9.17, 15) is 20.1 Å². The number of cyclic esters (lactones) is 1. The maximum atomic E-state index is 13.1. The number of methoxy groups -OCH3 is 2. The number of aliphatic hydroxyl groups excluding tert-OH is 3. The Morgan fingerprint density at radius 2 is 1.55 bits per heavy atom. The van der Waals surface area contributed by atoms with Crippen LogP contribution in [0.5, 0.6) is 28.7 Å². The fraction of sp³-hybridized carbons (Fsp3) is 0.370. The summed E-state index contributed by atoms with van der Waals surface area (Å²) in [4.78, 5) is 13.1. The second kappa shape index (κ2) is 9.21. The Bertz CT molecular complexity index is 1430. The van der Waals surface area contributed by atoms with Gasteiger partial charge in [0.15, 0.2) is 23.0 Å². The number of aliphatic hydroxyl groups is 3. The minimum atomic E-state index is -1.56. The summed E-state index contributed by atoms with van der Waals surface area (Å²) in [6.07, 6.45) is -6.51. The molecule has 1 fully saturated rings. The number of rotatable bonds is 5. The van der Waals surface area contributed by atoms with E-state index in [4.69, 9.17) is 33.2 Å². The van der Waals surface area contributed by atoms with Crippen molar-refractivity contribution in [3.63, 3.8) is 0 Å². The van der Waals surface area contributed by atoms with Crippen molar-refractivity contribution < 1.29 is 53.3 Å². The predicted octanol–water partition coefficient (Wildman–Crippen LogP) is 2.13. The van der Waals surface area contributed by atoms with Gasteiger partial charge in [-0.15, -0.1) is 0 Å². The van der Waals surface area contributed by atoms with Crippen LogP contribution in [0, 0.1) is 0 Å². The minimum absolute atomic E-state index is 0.0884. The van der Waals surface area contributed by atoms with E-state index in [-0.39, 0.29) is 24.7 Å². The molecule has 3 heterocycles. The normalized spacial score (nSPS) is 25.7. The summed E-state index contributed by atoms with van der Waals surface area (Å²) < 4.78 is 39.4. The molecule has 1 saturated heterocycles. The van der Waals surface area contributed by atoms with E-state index in [0.29, 0.717) is 50.5 Å². The first-order valence-corrected chi connectivity index (χ1v) is 12.0. The number of fused-ring (bicyclic) bond motifs is 3. The van der Waals surface area contributed by atoms with Gasteiger partial charge in [-0.2, -0.15) is 0 Å². The number of carbonyl (C=O) groups excluding carboxylic acids is 1. The van der Waals surface area contributed by atoms with Crippen molar-refractivity contribution in [2.75, 3.05) is 21.0 Å². The van der Waals surface area contributed by atoms with Crippen LogP contribution in [-0.4, -0.2) is 73.0 Å². The molecule has 3 aliphatic heterocycles. The monoisotopic (exact) mass is 526 g/mol. The average Bonchev–Trinajstić information content (AvgIpc) is 3.55. The summed E-state index contributed by atoms with van der Waals surface area (Å²) in [5, 5.41) is 32.2. The van der Waals surface area contributed by atoms with Crippen LogP contribution in [-0.2, 0) is 16.1 Å². The zero-order chi connectivity index (χ0) is 26.7. The van der Waals surface area contributed by atoms with Gasteiger partial charge in [0, 0.05) is 16.5 Å². The summed E-state index contributed by atoms with van der Waals surface area (Å²) in [6, 6.07) is 8.80. The van der Waals surface area contributed by atoms with Gasteiger partial charge in [-0.05, 0) is 42.1 Å². The molecule has 0 amide bonds. The number of carbonyl (C=O) groups is 1. The Labute approximate surface area is 217 Å². The predicted molar refractivity (Wildman–Crippen MR) is 131 cm³/mol. The van der Waals surface area contributed by atoms with Crippen LogP contribution in [0.1, 0.15) is 22.8 Å². The molecule has 3 N–H and O–H groups in total. The lowest BCUT2D eigenvalue weighted by Gasteiger charge is -2.39.